The van der Waals surface area contributed by atoms with Gasteiger partial charge in [0.15, 0.2) is 0 Å². The normalized spacial score (nSPS) is 10.2. The molecular formula is C17H17FN2O4. The van der Waals surface area contributed by atoms with E-state index in [0.717, 1.165) is 5.56 Å². The Bertz CT molecular complexity index is 687. The highest BCUT2D eigenvalue weighted by atomic mass is 19.1. The average molecular weight is 332 g/mol. The molecule has 0 heterocycles. The van der Waals surface area contributed by atoms with Crippen LogP contribution in [0.15, 0.2) is 48.5 Å². The Morgan fingerprint density at radius 1 is 1.12 bits per heavy atom. The number of carbonyl (C=O) groups is 1. The predicted octanol–water partition coefficient (Wildman–Crippen LogP) is 2.86. The summed E-state index contributed by atoms with van der Waals surface area (Å²) in [7, 11) is 0. The molecule has 0 aliphatic heterocycles. The third kappa shape index (κ3) is 5.68. The molecular weight excluding hydrogens is 315 g/mol. The molecule has 0 saturated heterocycles. The van der Waals surface area contributed by atoms with E-state index in [-0.39, 0.29) is 30.4 Å². The number of ether oxygens (including phenoxy) is 1. The van der Waals surface area contributed by atoms with E-state index in [1.807, 2.05) is 0 Å². The maximum atomic E-state index is 12.8. The van der Waals surface area contributed by atoms with Crippen molar-refractivity contribution in [1.29, 1.82) is 0 Å². The summed E-state index contributed by atoms with van der Waals surface area (Å²) in [6.45, 7) is 0.641. The smallest absolute Gasteiger partial charge is 0.269 e. The number of hydrogen-bond donors (Lipinski definition) is 1. The number of nitrogens with one attached hydrogen (secondary N) is 1. The summed E-state index contributed by atoms with van der Waals surface area (Å²) in [6, 6.07) is 11.8. The lowest BCUT2D eigenvalue weighted by molar-refractivity contribution is -0.384. The van der Waals surface area contributed by atoms with Crippen LogP contribution >= 0.6 is 0 Å². The molecule has 1 amide bonds. The van der Waals surface area contributed by atoms with Gasteiger partial charge in [0.2, 0.25) is 5.91 Å². The van der Waals surface area contributed by atoms with Crippen molar-refractivity contribution in [3.8, 4) is 5.75 Å². The Labute approximate surface area is 138 Å². The van der Waals surface area contributed by atoms with E-state index < -0.39 is 4.92 Å². The molecule has 1 N–H and O–H groups in total. The maximum Gasteiger partial charge on any atom is 0.269 e. The summed E-state index contributed by atoms with van der Waals surface area (Å²) in [5.41, 5.74) is 0.930. The van der Waals surface area contributed by atoms with Crippen LogP contribution in [0.1, 0.15) is 12.0 Å². The molecule has 2 aromatic rings. The third-order valence-electron chi connectivity index (χ3n) is 3.29. The predicted molar refractivity (Wildman–Crippen MR) is 86.3 cm³/mol. The topological polar surface area (TPSA) is 81.5 Å². The Morgan fingerprint density at radius 3 is 2.42 bits per heavy atom. The molecule has 6 nitrogen and oxygen atoms in total. The number of hydrogen-bond acceptors (Lipinski definition) is 4. The van der Waals surface area contributed by atoms with Crippen LogP contribution in [-0.2, 0) is 11.2 Å². The van der Waals surface area contributed by atoms with Crippen molar-refractivity contribution < 1.29 is 18.8 Å². The molecule has 0 unspecified atom stereocenters. The molecule has 0 spiro atoms. The van der Waals surface area contributed by atoms with Gasteiger partial charge in [0.1, 0.15) is 11.6 Å². The summed E-state index contributed by atoms with van der Waals surface area (Å²) >= 11 is 0. The van der Waals surface area contributed by atoms with Crippen molar-refractivity contribution in [3.63, 3.8) is 0 Å². The van der Waals surface area contributed by atoms with Gasteiger partial charge in [-0.3, -0.25) is 14.9 Å². The number of nitro groups is 1. The number of rotatable bonds is 8. The fourth-order valence-electron chi connectivity index (χ4n) is 2.01. The fourth-order valence-corrected chi connectivity index (χ4v) is 2.01. The Balaban J connectivity index is 1.64. The van der Waals surface area contributed by atoms with Gasteiger partial charge in [-0.25, -0.2) is 4.39 Å². The lowest BCUT2D eigenvalue weighted by Crippen LogP contribution is -2.27. The van der Waals surface area contributed by atoms with Gasteiger partial charge in [-0.05, 0) is 36.2 Å². The molecule has 0 aromatic heterocycles. The van der Waals surface area contributed by atoms with Crippen molar-refractivity contribution in [3.05, 3.63) is 70.0 Å². The third-order valence-corrected chi connectivity index (χ3v) is 3.29. The zero-order chi connectivity index (χ0) is 17.4. The summed E-state index contributed by atoms with van der Waals surface area (Å²) in [4.78, 5) is 21.7. The van der Waals surface area contributed by atoms with Gasteiger partial charge in [0.25, 0.3) is 5.69 Å². The maximum absolute atomic E-state index is 12.8. The SMILES string of the molecule is O=C(CCOc1ccc([N+](=O)[O-])cc1)NCCc1ccc(F)cc1. The number of nitro benzene ring substituents is 1. The molecule has 0 saturated carbocycles. The van der Waals surface area contributed by atoms with Crippen LogP contribution in [-0.4, -0.2) is 24.0 Å². The highest BCUT2D eigenvalue weighted by molar-refractivity contribution is 5.75. The number of non-ortho nitro benzene ring substituents is 1. The van der Waals surface area contributed by atoms with E-state index in [4.69, 9.17) is 4.74 Å². The standard InChI is InChI=1S/C17H17FN2O4/c18-14-3-1-13(2-4-14)9-11-19-17(21)10-12-24-16-7-5-15(6-8-16)20(22)23/h1-8H,9-12H2,(H,19,21). The van der Waals surface area contributed by atoms with E-state index in [2.05, 4.69) is 5.32 Å². The van der Waals surface area contributed by atoms with Crippen LogP contribution in [0.25, 0.3) is 0 Å². The first-order valence-electron chi connectivity index (χ1n) is 7.43. The van der Waals surface area contributed by atoms with Crippen LogP contribution in [0.3, 0.4) is 0 Å². The molecule has 0 radical (unpaired) electrons. The quantitative estimate of drug-likeness (QED) is 0.595. The number of halogens is 1. The monoisotopic (exact) mass is 332 g/mol. The molecule has 0 atom stereocenters. The largest absolute Gasteiger partial charge is 0.493 e. The van der Waals surface area contributed by atoms with Crippen LogP contribution in [0.5, 0.6) is 5.75 Å². The summed E-state index contributed by atoms with van der Waals surface area (Å²) in [5, 5.41) is 13.3. The van der Waals surface area contributed by atoms with Crippen molar-refractivity contribution in [2.45, 2.75) is 12.8 Å². The van der Waals surface area contributed by atoms with E-state index in [1.54, 1.807) is 12.1 Å². The minimum atomic E-state index is -0.488. The molecule has 0 bridgehead atoms. The highest BCUT2D eigenvalue weighted by Crippen LogP contribution is 2.17. The first-order valence-corrected chi connectivity index (χ1v) is 7.43. The first kappa shape index (κ1) is 17.4. The van der Waals surface area contributed by atoms with Gasteiger partial charge in [0.05, 0.1) is 18.0 Å². The molecule has 24 heavy (non-hydrogen) atoms. The number of nitrogens with zero attached hydrogens (tertiary/aromatic N) is 1. The summed E-state index contributed by atoms with van der Waals surface area (Å²) in [6.07, 6.45) is 0.801. The lowest BCUT2D eigenvalue weighted by Gasteiger charge is -2.07. The molecule has 126 valence electrons. The molecule has 0 fully saturated rings. The highest BCUT2D eigenvalue weighted by Gasteiger charge is 2.05. The summed E-state index contributed by atoms with van der Waals surface area (Å²) in [5.74, 6) is 0.0323. The Morgan fingerprint density at radius 2 is 1.79 bits per heavy atom. The van der Waals surface area contributed by atoms with Crippen LogP contribution < -0.4 is 10.1 Å². The zero-order valence-corrected chi connectivity index (χ0v) is 12.9. The van der Waals surface area contributed by atoms with E-state index in [1.165, 1.54) is 36.4 Å². The second-order valence-electron chi connectivity index (χ2n) is 5.08. The van der Waals surface area contributed by atoms with E-state index in [0.29, 0.717) is 18.7 Å². The Hall–Kier alpha value is -2.96. The fraction of sp³-hybridized carbons (Fsp3) is 0.235. The van der Waals surface area contributed by atoms with Gasteiger partial charge in [0, 0.05) is 18.7 Å². The van der Waals surface area contributed by atoms with Gasteiger partial charge < -0.3 is 10.1 Å². The zero-order valence-electron chi connectivity index (χ0n) is 12.9. The Kier molecular flexibility index (Phi) is 6.24. The second-order valence-corrected chi connectivity index (χ2v) is 5.08. The minimum absolute atomic E-state index is 0.0131. The number of amides is 1. The van der Waals surface area contributed by atoms with Gasteiger partial charge in [-0.15, -0.1) is 0 Å². The van der Waals surface area contributed by atoms with E-state index in [9.17, 15) is 19.3 Å². The van der Waals surface area contributed by atoms with Gasteiger partial charge in [-0.2, -0.15) is 0 Å². The molecule has 2 aromatic carbocycles. The number of carbonyl (C=O) groups excluding carboxylic acids is 1. The van der Waals surface area contributed by atoms with Crippen LogP contribution in [0, 0.1) is 15.9 Å². The average Bonchev–Trinajstić information content (AvgIpc) is 2.57. The van der Waals surface area contributed by atoms with Crippen molar-refractivity contribution in [2.75, 3.05) is 13.2 Å². The van der Waals surface area contributed by atoms with Crippen molar-refractivity contribution >= 4 is 11.6 Å². The molecule has 0 aliphatic rings. The van der Waals surface area contributed by atoms with Gasteiger partial charge in [-0.1, -0.05) is 12.1 Å². The summed E-state index contributed by atoms with van der Waals surface area (Å²) < 4.78 is 18.1. The minimum Gasteiger partial charge on any atom is -0.493 e. The molecule has 0 aliphatic carbocycles. The first-order chi connectivity index (χ1) is 11.5. The van der Waals surface area contributed by atoms with E-state index >= 15 is 0 Å². The van der Waals surface area contributed by atoms with Crippen molar-refractivity contribution in [2.24, 2.45) is 0 Å². The van der Waals surface area contributed by atoms with Crippen LogP contribution in [0.4, 0.5) is 10.1 Å². The van der Waals surface area contributed by atoms with Crippen LogP contribution in [0.2, 0.25) is 0 Å². The molecule has 2 rings (SSSR count). The second kappa shape index (κ2) is 8.61. The lowest BCUT2D eigenvalue weighted by atomic mass is 10.1. The molecule has 7 heteroatoms. The van der Waals surface area contributed by atoms with Gasteiger partial charge >= 0.3 is 0 Å². The van der Waals surface area contributed by atoms with Crippen molar-refractivity contribution in [1.82, 2.24) is 5.32 Å². The number of benzene rings is 2.